The molecule has 0 aromatic carbocycles. The first-order valence-electron chi connectivity index (χ1n) is 5.27. The van der Waals surface area contributed by atoms with Crippen LogP contribution in [0.3, 0.4) is 0 Å². The van der Waals surface area contributed by atoms with E-state index in [0.29, 0.717) is 19.4 Å². The number of amidine groups is 1. The van der Waals surface area contributed by atoms with Crippen molar-refractivity contribution in [2.45, 2.75) is 32.7 Å². The molecule has 0 saturated carbocycles. The Morgan fingerprint density at radius 1 is 1.50 bits per heavy atom. The van der Waals surface area contributed by atoms with Gasteiger partial charge in [0.15, 0.2) is 0 Å². The smallest absolute Gasteiger partial charge is 0.223 e. The van der Waals surface area contributed by atoms with Gasteiger partial charge in [-0.1, -0.05) is 5.16 Å². The summed E-state index contributed by atoms with van der Waals surface area (Å²) in [5.74, 6) is 1.10. The van der Waals surface area contributed by atoms with E-state index in [-0.39, 0.29) is 17.8 Å². The van der Waals surface area contributed by atoms with Crippen LogP contribution in [0, 0.1) is 0 Å². The summed E-state index contributed by atoms with van der Waals surface area (Å²) < 4.78 is 0. The molecule has 0 spiro atoms. The average molecular weight is 247 g/mol. The largest absolute Gasteiger partial charge is 0.409 e. The van der Waals surface area contributed by atoms with Crippen LogP contribution in [0.15, 0.2) is 5.16 Å². The molecular formula is C10H21N3O2S. The molecule has 0 bridgehead atoms. The molecule has 6 heteroatoms. The third-order valence-corrected chi connectivity index (χ3v) is 2.81. The quantitative estimate of drug-likeness (QED) is 0.306. The molecular weight excluding hydrogens is 226 g/mol. The van der Waals surface area contributed by atoms with Crippen molar-refractivity contribution < 1.29 is 10.0 Å². The fraction of sp³-hybridized carbons (Fsp3) is 0.800. The van der Waals surface area contributed by atoms with E-state index in [9.17, 15) is 4.79 Å². The van der Waals surface area contributed by atoms with E-state index in [0.717, 1.165) is 5.75 Å². The number of thioether (sulfide) groups is 1. The molecule has 0 atom stereocenters. The molecule has 0 unspecified atom stereocenters. The third-order valence-electron chi connectivity index (χ3n) is 2.20. The molecule has 3 N–H and O–H groups in total. The zero-order valence-corrected chi connectivity index (χ0v) is 11.0. The summed E-state index contributed by atoms with van der Waals surface area (Å²) in [5.41, 5.74) is 5.38. The molecule has 0 aliphatic carbocycles. The molecule has 0 heterocycles. The predicted molar refractivity (Wildman–Crippen MR) is 67.9 cm³/mol. The first-order valence-corrected chi connectivity index (χ1v) is 6.67. The minimum absolute atomic E-state index is 0.120. The Balaban J connectivity index is 4.21. The summed E-state index contributed by atoms with van der Waals surface area (Å²) in [6, 6.07) is 0.140. The summed E-state index contributed by atoms with van der Waals surface area (Å²) in [6.07, 6.45) is 2.92. The lowest BCUT2D eigenvalue weighted by Gasteiger charge is -2.26. The Hall–Kier alpha value is -0.910. The molecule has 0 aromatic rings. The van der Waals surface area contributed by atoms with Crippen molar-refractivity contribution in [3.63, 3.8) is 0 Å². The van der Waals surface area contributed by atoms with Gasteiger partial charge in [0, 0.05) is 31.2 Å². The molecule has 16 heavy (non-hydrogen) atoms. The summed E-state index contributed by atoms with van der Waals surface area (Å²) in [5, 5.41) is 11.3. The fourth-order valence-corrected chi connectivity index (χ4v) is 1.67. The first kappa shape index (κ1) is 15.1. The molecule has 0 aliphatic heterocycles. The van der Waals surface area contributed by atoms with Gasteiger partial charge in [-0.2, -0.15) is 11.8 Å². The van der Waals surface area contributed by atoms with E-state index in [4.69, 9.17) is 10.9 Å². The predicted octanol–water partition coefficient (Wildman–Crippen LogP) is 1.11. The van der Waals surface area contributed by atoms with Gasteiger partial charge >= 0.3 is 0 Å². The van der Waals surface area contributed by atoms with Gasteiger partial charge in [0.05, 0.1) is 0 Å². The highest BCUT2D eigenvalue weighted by molar-refractivity contribution is 7.98. The van der Waals surface area contributed by atoms with Crippen molar-refractivity contribution in [3.05, 3.63) is 0 Å². The molecule has 0 fully saturated rings. The van der Waals surface area contributed by atoms with E-state index >= 15 is 0 Å². The van der Waals surface area contributed by atoms with Gasteiger partial charge in [0.1, 0.15) is 5.84 Å². The van der Waals surface area contributed by atoms with Gasteiger partial charge < -0.3 is 15.8 Å². The number of hydrogen-bond donors (Lipinski definition) is 2. The number of rotatable bonds is 7. The molecule has 5 nitrogen and oxygen atoms in total. The van der Waals surface area contributed by atoms with Crippen molar-refractivity contribution in [2.75, 3.05) is 18.6 Å². The molecule has 0 saturated heterocycles. The normalized spacial score (nSPS) is 11.9. The van der Waals surface area contributed by atoms with Crippen molar-refractivity contribution in [3.8, 4) is 0 Å². The summed E-state index contributed by atoms with van der Waals surface area (Å²) in [7, 11) is 0. The maximum absolute atomic E-state index is 11.8. The first-order chi connectivity index (χ1) is 7.52. The second-order valence-corrected chi connectivity index (χ2v) is 4.75. The second-order valence-electron chi connectivity index (χ2n) is 3.77. The van der Waals surface area contributed by atoms with Crippen LogP contribution in [0.2, 0.25) is 0 Å². The zero-order chi connectivity index (χ0) is 12.6. The van der Waals surface area contributed by atoms with Crippen molar-refractivity contribution in [2.24, 2.45) is 10.9 Å². The maximum atomic E-state index is 11.8. The molecule has 94 valence electrons. The Bertz CT molecular complexity index is 244. The van der Waals surface area contributed by atoms with Crippen molar-refractivity contribution in [1.29, 1.82) is 0 Å². The van der Waals surface area contributed by atoms with Gasteiger partial charge in [0.25, 0.3) is 0 Å². The number of nitrogens with zero attached hydrogens (tertiary/aromatic N) is 2. The van der Waals surface area contributed by atoms with E-state index in [2.05, 4.69) is 5.16 Å². The van der Waals surface area contributed by atoms with Crippen LogP contribution < -0.4 is 5.73 Å². The van der Waals surface area contributed by atoms with E-state index in [1.54, 1.807) is 16.7 Å². The minimum Gasteiger partial charge on any atom is -0.409 e. The van der Waals surface area contributed by atoms with E-state index < -0.39 is 0 Å². The van der Waals surface area contributed by atoms with Gasteiger partial charge in [-0.15, -0.1) is 0 Å². The average Bonchev–Trinajstić information content (AvgIpc) is 2.25. The van der Waals surface area contributed by atoms with Crippen molar-refractivity contribution in [1.82, 2.24) is 4.90 Å². The Kier molecular flexibility index (Phi) is 7.80. The van der Waals surface area contributed by atoms with Gasteiger partial charge in [-0.3, -0.25) is 4.79 Å². The number of hydrogen-bond acceptors (Lipinski definition) is 4. The number of carbonyl (C=O) groups excluding carboxylic acids is 1. The monoisotopic (exact) mass is 247 g/mol. The van der Waals surface area contributed by atoms with Crippen LogP contribution in [0.25, 0.3) is 0 Å². The zero-order valence-electron chi connectivity index (χ0n) is 10.1. The molecule has 0 aliphatic rings. The van der Waals surface area contributed by atoms with Crippen LogP contribution in [0.5, 0.6) is 0 Å². The lowest BCUT2D eigenvalue weighted by atomic mass is 10.2. The van der Waals surface area contributed by atoms with Crippen LogP contribution in [0.4, 0.5) is 0 Å². The molecule has 1 amide bonds. The minimum atomic E-state index is 0.120. The summed E-state index contributed by atoms with van der Waals surface area (Å²) >= 11 is 1.65. The standard InChI is InChI=1S/C10H21N3O2S/c1-8(2)13(6-4-9(11)12-15)10(14)5-7-16-3/h8,15H,4-7H2,1-3H3,(H2,11,12). The Morgan fingerprint density at radius 3 is 2.56 bits per heavy atom. The van der Waals surface area contributed by atoms with Crippen molar-refractivity contribution >= 4 is 23.5 Å². The molecule has 0 radical (unpaired) electrons. The summed E-state index contributed by atoms with van der Waals surface area (Å²) in [6.45, 7) is 4.42. The number of oxime groups is 1. The SMILES string of the molecule is CSCCC(=O)N(CCC(N)=NO)C(C)C. The van der Waals surface area contributed by atoms with E-state index in [1.165, 1.54) is 0 Å². The van der Waals surface area contributed by atoms with Crippen LogP contribution in [-0.4, -0.2) is 46.4 Å². The lowest BCUT2D eigenvalue weighted by molar-refractivity contribution is -0.132. The van der Waals surface area contributed by atoms with Crippen LogP contribution in [-0.2, 0) is 4.79 Å². The highest BCUT2D eigenvalue weighted by Gasteiger charge is 2.16. The van der Waals surface area contributed by atoms with Gasteiger partial charge in [-0.25, -0.2) is 0 Å². The van der Waals surface area contributed by atoms with E-state index in [1.807, 2.05) is 20.1 Å². The van der Waals surface area contributed by atoms with Gasteiger partial charge in [-0.05, 0) is 20.1 Å². The fourth-order valence-electron chi connectivity index (χ4n) is 1.29. The number of nitrogens with two attached hydrogens (primary N) is 1. The number of amides is 1. The highest BCUT2D eigenvalue weighted by Crippen LogP contribution is 2.06. The van der Waals surface area contributed by atoms with Gasteiger partial charge in [0.2, 0.25) is 5.91 Å². The molecule has 0 rings (SSSR count). The Morgan fingerprint density at radius 2 is 2.12 bits per heavy atom. The summed E-state index contributed by atoms with van der Waals surface area (Å²) in [4.78, 5) is 13.6. The second kappa shape index (κ2) is 8.27. The maximum Gasteiger partial charge on any atom is 0.223 e. The van der Waals surface area contributed by atoms with Crippen LogP contribution >= 0.6 is 11.8 Å². The van der Waals surface area contributed by atoms with Crippen LogP contribution in [0.1, 0.15) is 26.7 Å². The molecule has 0 aromatic heterocycles. The lowest BCUT2D eigenvalue weighted by Crippen LogP contribution is -2.39. The third kappa shape index (κ3) is 5.85. The highest BCUT2D eigenvalue weighted by atomic mass is 32.2. The Labute approximate surface area is 101 Å². The topological polar surface area (TPSA) is 78.9 Å². The number of carbonyl (C=O) groups is 1.